The lowest BCUT2D eigenvalue weighted by atomic mass is 9.70. The third kappa shape index (κ3) is 3.87. The fourth-order valence-corrected chi connectivity index (χ4v) is 10.1. The number of phenolic OH excluding ortho intramolecular Hbond substituents is 5. The maximum Gasteiger partial charge on any atom is 0.208 e. The first kappa shape index (κ1) is 32.4. The van der Waals surface area contributed by atoms with Gasteiger partial charge in [0.1, 0.15) is 0 Å². The van der Waals surface area contributed by atoms with Crippen LogP contribution in [0.15, 0.2) is 152 Å². The monoisotopic (exact) mass is 754 g/mol. The number of para-hydroxylation sites is 2. The Morgan fingerprint density at radius 3 is 1.24 bits per heavy atom. The molecule has 7 nitrogen and oxygen atoms in total. The van der Waals surface area contributed by atoms with Gasteiger partial charge in [-0.1, -0.05) is 133 Å². The summed E-state index contributed by atoms with van der Waals surface area (Å²) in [7, 11) is 0. The Kier molecular flexibility index (Phi) is 6.32. The minimum atomic E-state index is -1.02. The summed E-state index contributed by atoms with van der Waals surface area (Å²) in [6.45, 7) is 0. The first-order valence-corrected chi connectivity index (χ1v) is 19.0. The lowest BCUT2D eigenvalue weighted by Gasteiger charge is -2.32. The van der Waals surface area contributed by atoms with Crippen LogP contribution in [0.2, 0.25) is 0 Å². The summed E-state index contributed by atoms with van der Waals surface area (Å²) in [5.41, 5.74) is 9.96. The van der Waals surface area contributed by atoms with Crippen LogP contribution in [-0.2, 0) is 5.41 Å². The molecule has 0 fully saturated rings. The molecule has 1 aliphatic heterocycles. The number of fused-ring (bicyclic) bond motifs is 14. The Bertz CT molecular complexity index is 3180. The maximum atomic E-state index is 11.4. The number of hydrogen-bond acceptors (Lipinski definition) is 7. The van der Waals surface area contributed by atoms with Crippen molar-refractivity contribution >= 4 is 21.5 Å². The van der Waals surface area contributed by atoms with E-state index in [0.29, 0.717) is 39.3 Å². The lowest BCUT2D eigenvalue weighted by molar-refractivity contribution is 0.330. The Hall–Kier alpha value is -7.90. The van der Waals surface area contributed by atoms with Crippen LogP contribution in [0.25, 0.3) is 66.1 Å². The Labute approximate surface area is 331 Å². The van der Waals surface area contributed by atoms with Gasteiger partial charge in [0.25, 0.3) is 0 Å². The number of rotatable bonds is 2. The van der Waals surface area contributed by atoms with Gasteiger partial charge in [-0.3, -0.25) is 0 Å². The van der Waals surface area contributed by atoms with E-state index in [-0.39, 0.29) is 5.56 Å². The van der Waals surface area contributed by atoms with Crippen LogP contribution in [0.4, 0.5) is 0 Å². The highest BCUT2D eigenvalue weighted by Gasteiger charge is 2.53. The SMILES string of the molecule is Oc1c(O)c(O)c(-c2c3ccccc3c(-c3c4c(cc5c3-c3ccccc3C53c5ccccc5-c5ccccc53)Oc3ccccc3O4)c3ccccc23)c(O)c1O. The normalized spacial score (nSPS) is 13.6. The summed E-state index contributed by atoms with van der Waals surface area (Å²) in [4.78, 5) is 0. The van der Waals surface area contributed by atoms with Crippen LogP contribution >= 0.6 is 0 Å². The third-order valence-electron chi connectivity index (χ3n) is 12.3. The fraction of sp³-hybridized carbons (Fsp3) is 0.0196. The zero-order valence-electron chi connectivity index (χ0n) is 30.5. The molecule has 0 bridgehead atoms. The zero-order chi connectivity index (χ0) is 39.0. The van der Waals surface area contributed by atoms with Gasteiger partial charge in [0.2, 0.25) is 17.2 Å². The molecule has 0 amide bonds. The number of benzene rings is 9. The van der Waals surface area contributed by atoms with Crippen LogP contribution in [-0.4, -0.2) is 25.5 Å². The standard InChI is InChI=1S/C51H30O7/c52-45-44(46(53)48(55)49(56)47(45)54)41-30-17-3-1-15-28(30)40(29-16-2-4-18-31(29)41)43-42-32-19-7-10-22-35(32)51(33-20-8-5-13-26(33)27-14-6-9-21-34(27)51)36(42)25-39-50(43)58-38-24-12-11-23-37(38)57-39/h1-25,52-56H. The van der Waals surface area contributed by atoms with E-state index in [2.05, 4.69) is 78.9 Å². The predicted molar refractivity (Wildman–Crippen MR) is 224 cm³/mol. The predicted octanol–water partition coefficient (Wildman–Crippen LogP) is 12.1. The van der Waals surface area contributed by atoms with Crippen LogP contribution in [0, 0.1) is 0 Å². The molecule has 276 valence electrons. The molecule has 12 rings (SSSR count). The average molecular weight is 755 g/mol. The van der Waals surface area contributed by atoms with E-state index in [9.17, 15) is 25.5 Å². The Morgan fingerprint density at radius 1 is 0.310 bits per heavy atom. The molecule has 0 radical (unpaired) electrons. The summed E-state index contributed by atoms with van der Waals surface area (Å²) in [6, 6.07) is 50.9. The molecule has 0 unspecified atom stereocenters. The third-order valence-corrected chi connectivity index (χ3v) is 12.3. The zero-order valence-corrected chi connectivity index (χ0v) is 30.5. The number of ether oxygens (including phenoxy) is 2. The fourth-order valence-electron chi connectivity index (χ4n) is 10.1. The lowest BCUT2D eigenvalue weighted by Crippen LogP contribution is -2.26. The van der Waals surface area contributed by atoms with Crippen LogP contribution in [0.3, 0.4) is 0 Å². The number of hydrogen-bond donors (Lipinski definition) is 5. The summed E-state index contributed by atoms with van der Waals surface area (Å²) >= 11 is 0. The van der Waals surface area contributed by atoms with Crippen molar-refractivity contribution in [2.75, 3.05) is 0 Å². The second-order valence-corrected chi connectivity index (χ2v) is 15.0. The molecular formula is C51H30O7. The van der Waals surface area contributed by atoms with Gasteiger partial charge in [-0.25, -0.2) is 0 Å². The van der Waals surface area contributed by atoms with Gasteiger partial charge >= 0.3 is 0 Å². The molecule has 0 atom stereocenters. The van der Waals surface area contributed by atoms with Gasteiger partial charge in [-0.05, 0) is 84.3 Å². The van der Waals surface area contributed by atoms with Crippen LogP contribution < -0.4 is 9.47 Å². The second-order valence-electron chi connectivity index (χ2n) is 15.0. The summed E-state index contributed by atoms with van der Waals surface area (Å²) in [5, 5.41) is 57.4. The van der Waals surface area contributed by atoms with Crippen molar-refractivity contribution in [3.8, 4) is 96.3 Å². The van der Waals surface area contributed by atoms with Crippen LogP contribution in [0.1, 0.15) is 22.3 Å². The van der Waals surface area contributed by atoms with Gasteiger partial charge < -0.3 is 35.0 Å². The van der Waals surface area contributed by atoms with E-state index in [1.165, 1.54) is 22.3 Å². The van der Waals surface area contributed by atoms with Gasteiger partial charge in [0, 0.05) is 16.7 Å². The van der Waals surface area contributed by atoms with E-state index in [4.69, 9.17) is 9.47 Å². The molecule has 1 heterocycles. The van der Waals surface area contributed by atoms with E-state index < -0.39 is 34.2 Å². The molecule has 9 aromatic rings. The molecule has 58 heavy (non-hydrogen) atoms. The van der Waals surface area contributed by atoms with Gasteiger partial charge in [0.15, 0.2) is 34.5 Å². The first-order chi connectivity index (χ1) is 28.4. The molecular weight excluding hydrogens is 725 g/mol. The maximum absolute atomic E-state index is 11.4. The van der Waals surface area contributed by atoms with Gasteiger partial charge in [-0.2, -0.15) is 0 Å². The Balaban J connectivity index is 1.30. The van der Waals surface area contributed by atoms with E-state index in [1.807, 2.05) is 72.8 Å². The van der Waals surface area contributed by atoms with E-state index >= 15 is 0 Å². The van der Waals surface area contributed by atoms with Crippen molar-refractivity contribution in [2.24, 2.45) is 0 Å². The van der Waals surface area contributed by atoms with Crippen LogP contribution in [0.5, 0.6) is 51.7 Å². The molecule has 0 saturated heterocycles. The summed E-state index contributed by atoms with van der Waals surface area (Å²) in [6.07, 6.45) is 0. The highest BCUT2D eigenvalue weighted by atomic mass is 16.6. The first-order valence-electron chi connectivity index (χ1n) is 19.0. The molecule has 3 aliphatic rings. The Morgan fingerprint density at radius 2 is 0.707 bits per heavy atom. The van der Waals surface area contributed by atoms with Crippen molar-refractivity contribution in [1.82, 2.24) is 0 Å². The highest BCUT2D eigenvalue weighted by molar-refractivity contribution is 6.25. The average Bonchev–Trinajstić information content (AvgIpc) is 3.73. The molecule has 1 spiro atoms. The van der Waals surface area contributed by atoms with Crippen molar-refractivity contribution in [3.63, 3.8) is 0 Å². The summed E-state index contributed by atoms with van der Waals surface area (Å²) in [5.74, 6) is -2.17. The van der Waals surface area contributed by atoms with Gasteiger partial charge in [-0.15, -0.1) is 0 Å². The van der Waals surface area contributed by atoms with Crippen molar-refractivity contribution < 1.29 is 35.0 Å². The minimum absolute atomic E-state index is 0.218. The van der Waals surface area contributed by atoms with E-state index in [1.54, 1.807) is 0 Å². The quantitative estimate of drug-likeness (QED) is 0.0677. The molecule has 5 N–H and O–H groups in total. The molecule has 0 aromatic heterocycles. The number of aromatic hydroxyl groups is 5. The van der Waals surface area contributed by atoms with Gasteiger partial charge in [0.05, 0.1) is 11.0 Å². The smallest absolute Gasteiger partial charge is 0.208 e. The molecule has 0 saturated carbocycles. The topological polar surface area (TPSA) is 120 Å². The minimum Gasteiger partial charge on any atom is -0.504 e. The second kappa shape index (κ2) is 11.3. The molecule has 7 heteroatoms. The van der Waals surface area contributed by atoms with Crippen molar-refractivity contribution in [1.29, 1.82) is 0 Å². The number of phenols is 5. The summed E-state index contributed by atoms with van der Waals surface area (Å²) < 4.78 is 13.8. The largest absolute Gasteiger partial charge is 0.504 e. The highest BCUT2D eigenvalue weighted by Crippen LogP contribution is 2.68. The van der Waals surface area contributed by atoms with E-state index in [0.717, 1.165) is 44.2 Å². The molecule has 2 aliphatic carbocycles. The van der Waals surface area contributed by atoms with Crippen molar-refractivity contribution in [2.45, 2.75) is 5.41 Å². The van der Waals surface area contributed by atoms with Crippen molar-refractivity contribution in [3.05, 3.63) is 174 Å². The molecule has 9 aromatic carbocycles.